The first-order valence-corrected chi connectivity index (χ1v) is 5.84. The second-order valence-electron chi connectivity index (χ2n) is 4.34. The van der Waals surface area contributed by atoms with Crippen LogP contribution in [0.2, 0.25) is 0 Å². The largest absolute Gasteiger partial charge is 0.352 e. The standard InChI is InChI=1S/C12H17N5O/c1-9-5-4-6-10-14-12(15-17(9)10)13-8-7-11(18)16(2)3/h4-6H,7-8H2,1-3H3,(H,13,15). The van der Waals surface area contributed by atoms with Gasteiger partial charge in [-0.3, -0.25) is 4.79 Å². The van der Waals surface area contributed by atoms with Crippen molar-refractivity contribution in [3.63, 3.8) is 0 Å². The predicted octanol–water partition coefficient (Wildman–Crippen LogP) is 0.928. The van der Waals surface area contributed by atoms with Crippen LogP contribution in [0.4, 0.5) is 5.95 Å². The summed E-state index contributed by atoms with van der Waals surface area (Å²) >= 11 is 0. The van der Waals surface area contributed by atoms with Gasteiger partial charge in [0.1, 0.15) is 0 Å². The van der Waals surface area contributed by atoms with Crippen molar-refractivity contribution in [3.05, 3.63) is 23.9 Å². The molecule has 0 fully saturated rings. The molecule has 0 unspecified atom stereocenters. The van der Waals surface area contributed by atoms with Gasteiger partial charge in [-0.2, -0.15) is 4.98 Å². The molecular weight excluding hydrogens is 230 g/mol. The monoisotopic (exact) mass is 247 g/mol. The molecule has 2 heterocycles. The fourth-order valence-corrected chi connectivity index (χ4v) is 1.62. The lowest BCUT2D eigenvalue weighted by Gasteiger charge is -2.09. The minimum absolute atomic E-state index is 0.0856. The molecule has 6 nitrogen and oxygen atoms in total. The molecule has 6 heteroatoms. The molecule has 1 N–H and O–H groups in total. The molecule has 0 radical (unpaired) electrons. The van der Waals surface area contributed by atoms with Gasteiger partial charge in [-0.1, -0.05) is 6.07 Å². The Balaban J connectivity index is 2.00. The fourth-order valence-electron chi connectivity index (χ4n) is 1.62. The van der Waals surface area contributed by atoms with Gasteiger partial charge in [0.25, 0.3) is 0 Å². The van der Waals surface area contributed by atoms with Gasteiger partial charge in [0, 0.05) is 32.8 Å². The van der Waals surface area contributed by atoms with E-state index in [1.54, 1.807) is 23.5 Å². The lowest BCUT2D eigenvalue weighted by Crippen LogP contribution is -2.24. The number of nitrogens with zero attached hydrogens (tertiary/aromatic N) is 4. The van der Waals surface area contributed by atoms with Crippen LogP contribution in [0.25, 0.3) is 5.65 Å². The molecule has 2 aromatic rings. The van der Waals surface area contributed by atoms with Gasteiger partial charge in [-0.15, -0.1) is 5.10 Å². The van der Waals surface area contributed by atoms with Crippen molar-refractivity contribution in [2.24, 2.45) is 0 Å². The minimum atomic E-state index is 0.0856. The summed E-state index contributed by atoms with van der Waals surface area (Å²) in [4.78, 5) is 17.3. The predicted molar refractivity (Wildman–Crippen MR) is 69.5 cm³/mol. The van der Waals surface area contributed by atoms with Crippen LogP contribution < -0.4 is 5.32 Å². The first-order chi connectivity index (χ1) is 8.58. The molecule has 96 valence electrons. The van der Waals surface area contributed by atoms with Gasteiger partial charge < -0.3 is 10.2 Å². The van der Waals surface area contributed by atoms with Gasteiger partial charge in [-0.05, 0) is 19.1 Å². The Morgan fingerprint density at radius 3 is 2.89 bits per heavy atom. The second-order valence-corrected chi connectivity index (χ2v) is 4.34. The molecule has 0 spiro atoms. The number of hydrogen-bond acceptors (Lipinski definition) is 4. The van der Waals surface area contributed by atoms with Crippen molar-refractivity contribution in [1.82, 2.24) is 19.5 Å². The molecule has 0 aliphatic carbocycles. The number of nitrogens with one attached hydrogen (secondary N) is 1. The van der Waals surface area contributed by atoms with E-state index >= 15 is 0 Å². The highest BCUT2D eigenvalue weighted by molar-refractivity contribution is 5.76. The quantitative estimate of drug-likeness (QED) is 0.873. The summed E-state index contributed by atoms with van der Waals surface area (Å²) in [5, 5.41) is 7.38. The van der Waals surface area contributed by atoms with Crippen LogP contribution >= 0.6 is 0 Å². The highest BCUT2D eigenvalue weighted by atomic mass is 16.2. The normalized spacial score (nSPS) is 10.6. The number of aromatic nitrogens is 3. The van der Waals surface area contributed by atoms with Crippen LogP contribution in [0.15, 0.2) is 18.2 Å². The maximum atomic E-state index is 11.4. The Bertz CT molecular complexity index is 561. The first kappa shape index (κ1) is 12.3. The van der Waals surface area contributed by atoms with E-state index in [-0.39, 0.29) is 5.91 Å². The summed E-state index contributed by atoms with van der Waals surface area (Å²) in [6, 6.07) is 5.82. The molecule has 0 atom stereocenters. The third kappa shape index (κ3) is 2.58. The van der Waals surface area contributed by atoms with E-state index in [2.05, 4.69) is 15.4 Å². The van der Waals surface area contributed by atoms with Gasteiger partial charge in [0.15, 0.2) is 5.65 Å². The molecule has 2 aromatic heterocycles. The molecule has 0 aliphatic heterocycles. The lowest BCUT2D eigenvalue weighted by molar-refractivity contribution is -0.128. The zero-order valence-electron chi connectivity index (χ0n) is 10.8. The summed E-state index contributed by atoms with van der Waals surface area (Å²) in [6.45, 7) is 2.51. The summed E-state index contributed by atoms with van der Waals surface area (Å²) in [5.41, 5.74) is 1.83. The SMILES string of the molecule is Cc1cccc2nc(NCCC(=O)N(C)C)nn12. The summed E-state index contributed by atoms with van der Waals surface area (Å²) in [5.74, 6) is 0.637. The molecule has 0 aromatic carbocycles. The summed E-state index contributed by atoms with van der Waals surface area (Å²) in [7, 11) is 3.49. The van der Waals surface area contributed by atoms with E-state index in [0.29, 0.717) is 18.9 Å². The Kier molecular flexibility index (Phi) is 3.45. The zero-order valence-corrected chi connectivity index (χ0v) is 10.8. The van der Waals surface area contributed by atoms with Gasteiger partial charge >= 0.3 is 0 Å². The highest BCUT2D eigenvalue weighted by Gasteiger charge is 2.06. The number of aryl methyl sites for hydroxylation is 1. The van der Waals surface area contributed by atoms with Crippen LogP contribution in [-0.4, -0.2) is 46.0 Å². The summed E-state index contributed by atoms with van der Waals surface area (Å²) in [6.07, 6.45) is 0.432. The molecule has 2 rings (SSSR count). The number of pyridine rings is 1. The number of hydrogen-bond donors (Lipinski definition) is 1. The van der Waals surface area contributed by atoms with Crippen LogP contribution in [0.5, 0.6) is 0 Å². The van der Waals surface area contributed by atoms with Gasteiger partial charge in [-0.25, -0.2) is 4.52 Å². The summed E-state index contributed by atoms with van der Waals surface area (Å²) < 4.78 is 1.77. The minimum Gasteiger partial charge on any atom is -0.352 e. The first-order valence-electron chi connectivity index (χ1n) is 5.84. The average Bonchev–Trinajstić information content (AvgIpc) is 2.73. The zero-order chi connectivity index (χ0) is 13.1. The maximum absolute atomic E-state index is 11.4. The Hall–Kier alpha value is -2.11. The van der Waals surface area contributed by atoms with Crippen molar-refractivity contribution in [2.75, 3.05) is 26.0 Å². The highest BCUT2D eigenvalue weighted by Crippen LogP contribution is 2.07. The van der Waals surface area contributed by atoms with Crippen molar-refractivity contribution in [3.8, 4) is 0 Å². The number of fused-ring (bicyclic) bond motifs is 1. The number of anilines is 1. The Labute approximate surface area is 106 Å². The van der Waals surface area contributed by atoms with Gasteiger partial charge in [0.05, 0.1) is 0 Å². The molecular formula is C12H17N5O. The second kappa shape index (κ2) is 5.03. The molecule has 18 heavy (non-hydrogen) atoms. The molecule has 0 saturated heterocycles. The van der Waals surface area contributed by atoms with Crippen LogP contribution in [0.1, 0.15) is 12.1 Å². The number of amides is 1. The third-order valence-corrected chi connectivity index (χ3v) is 2.67. The Morgan fingerprint density at radius 1 is 1.44 bits per heavy atom. The van der Waals surface area contributed by atoms with Crippen molar-refractivity contribution in [1.29, 1.82) is 0 Å². The van der Waals surface area contributed by atoms with E-state index in [0.717, 1.165) is 11.3 Å². The van der Waals surface area contributed by atoms with E-state index in [4.69, 9.17) is 0 Å². The lowest BCUT2D eigenvalue weighted by atomic mass is 10.4. The topological polar surface area (TPSA) is 62.5 Å². The fraction of sp³-hybridized carbons (Fsp3) is 0.417. The van der Waals surface area contributed by atoms with E-state index in [9.17, 15) is 4.79 Å². The van der Waals surface area contributed by atoms with Crippen molar-refractivity contribution >= 4 is 17.5 Å². The van der Waals surface area contributed by atoms with E-state index in [1.807, 2.05) is 25.1 Å². The smallest absolute Gasteiger partial charge is 0.243 e. The maximum Gasteiger partial charge on any atom is 0.243 e. The number of carbonyl (C=O) groups excluding carboxylic acids is 1. The van der Waals surface area contributed by atoms with Crippen LogP contribution in [0.3, 0.4) is 0 Å². The van der Waals surface area contributed by atoms with Gasteiger partial charge in [0.2, 0.25) is 11.9 Å². The number of carbonyl (C=O) groups is 1. The molecule has 0 aliphatic rings. The van der Waals surface area contributed by atoms with Crippen molar-refractivity contribution in [2.45, 2.75) is 13.3 Å². The number of rotatable bonds is 4. The van der Waals surface area contributed by atoms with Crippen molar-refractivity contribution < 1.29 is 4.79 Å². The molecule has 0 saturated carbocycles. The van der Waals surface area contributed by atoms with E-state index in [1.165, 1.54) is 0 Å². The van der Waals surface area contributed by atoms with Crippen LogP contribution in [-0.2, 0) is 4.79 Å². The third-order valence-electron chi connectivity index (χ3n) is 2.67. The molecule has 0 bridgehead atoms. The van der Waals surface area contributed by atoms with Crippen LogP contribution in [0, 0.1) is 6.92 Å². The molecule has 1 amide bonds. The average molecular weight is 247 g/mol. The Morgan fingerprint density at radius 2 is 2.22 bits per heavy atom. The van der Waals surface area contributed by atoms with E-state index < -0.39 is 0 Å².